The molecule has 0 aromatic carbocycles. The Bertz CT molecular complexity index is 382. The summed E-state index contributed by atoms with van der Waals surface area (Å²) in [6.45, 7) is 5.21. The maximum atomic E-state index is 12.5. The van der Waals surface area contributed by atoms with Crippen molar-refractivity contribution >= 4 is 11.8 Å². The monoisotopic (exact) mass is 295 g/mol. The fourth-order valence-electron chi connectivity index (χ4n) is 3.45. The zero-order chi connectivity index (χ0) is 14.7. The molecular formula is C15H25N3O3. The summed E-state index contributed by atoms with van der Waals surface area (Å²) in [4.78, 5) is 28.5. The fourth-order valence-corrected chi connectivity index (χ4v) is 3.45. The molecule has 1 unspecified atom stereocenters. The second-order valence-electron chi connectivity index (χ2n) is 6.18. The van der Waals surface area contributed by atoms with Gasteiger partial charge < -0.3 is 19.9 Å². The number of carbonyl (C=O) groups is 2. The number of hydrogen-bond donors (Lipinski definition) is 1. The molecule has 3 aliphatic rings. The van der Waals surface area contributed by atoms with Crippen LogP contribution in [0.3, 0.4) is 0 Å². The number of nitrogens with zero attached hydrogens (tertiary/aromatic N) is 2. The van der Waals surface area contributed by atoms with E-state index >= 15 is 0 Å². The van der Waals surface area contributed by atoms with E-state index in [1.54, 1.807) is 0 Å². The topological polar surface area (TPSA) is 61.9 Å². The molecule has 118 valence electrons. The summed E-state index contributed by atoms with van der Waals surface area (Å²) in [5, 5.41) is 3.29. The highest BCUT2D eigenvalue weighted by Crippen LogP contribution is 2.19. The molecule has 1 atom stereocenters. The van der Waals surface area contributed by atoms with E-state index in [0.29, 0.717) is 32.8 Å². The normalized spacial score (nSPS) is 27.9. The number of nitrogens with one attached hydrogen (secondary N) is 1. The largest absolute Gasteiger partial charge is 0.368 e. The Morgan fingerprint density at radius 1 is 0.905 bits per heavy atom. The molecule has 6 heteroatoms. The second-order valence-corrected chi connectivity index (χ2v) is 6.18. The molecule has 3 fully saturated rings. The molecule has 2 amide bonds. The van der Waals surface area contributed by atoms with Gasteiger partial charge in [-0.15, -0.1) is 0 Å². The first kappa shape index (κ1) is 14.8. The van der Waals surface area contributed by atoms with Crippen molar-refractivity contribution < 1.29 is 14.3 Å². The summed E-state index contributed by atoms with van der Waals surface area (Å²) >= 11 is 0. The van der Waals surface area contributed by atoms with Crippen LogP contribution in [0.5, 0.6) is 0 Å². The summed E-state index contributed by atoms with van der Waals surface area (Å²) in [6.07, 6.45) is 3.45. The van der Waals surface area contributed by atoms with E-state index in [-0.39, 0.29) is 23.8 Å². The van der Waals surface area contributed by atoms with Gasteiger partial charge in [-0.3, -0.25) is 9.59 Å². The van der Waals surface area contributed by atoms with Gasteiger partial charge in [0.1, 0.15) is 6.10 Å². The Morgan fingerprint density at radius 3 is 2.10 bits per heavy atom. The smallest absolute Gasteiger partial charge is 0.251 e. The van der Waals surface area contributed by atoms with Gasteiger partial charge in [-0.25, -0.2) is 0 Å². The molecule has 3 saturated heterocycles. The average Bonchev–Trinajstić information content (AvgIpc) is 3.09. The highest BCUT2D eigenvalue weighted by atomic mass is 16.5. The van der Waals surface area contributed by atoms with Crippen molar-refractivity contribution in [3.63, 3.8) is 0 Å². The molecule has 0 aliphatic carbocycles. The first-order valence-electron chi connectivity index (χ1n) is 8.15. The predicted molar refractivity (Wildman–Crippen MR) is 77.7 cm³/mol. The zero-order valence-corrected chi connectivity index (χ0v) is 12.6. The minimum absolute atomic E-state index is 0.112. The lowest BCUT2D eigenvalue weighted by Gasteiger charge is -2.37. The van der Waals surface area contributed by atoms with E-state index in [9.17, 15) is 9.59 Å². The molecule has 6 nitrogen and oxygen atoms in total. The van der Waals surface area contributed by atoms with E-state index in [0.717, 1.165) is 38.8 Å². The van der Waals surface area contributed by atoms with Crippen LogP contribution < -0.4 is 5.32 Å². The number of rotatable bonds is 2. The van der Waals surface area contributed by atoms with Crippen molar-refractivity contribution in [2.45, 2.75) is 31.8 Å². The number of piperidine rings is 1. The van der Waals surface area contributed by atoms with Crippen LogP contribution in [0.4, 0.5) is 0 Å². The third-order valence-corrected chi connectivity index (χ3v) is 4.80. The van der Waals surface area contributed by atoms with Crippen LogP contribution in [0, 0.1) is 5.92 Å². The first-order valence-corrected chi connectivity index (χ1v) is 8.15. The maximum Gasteiger partial charge on any atom is 0.251 e. The van der Waals surface area contributed by atoms with E-state index in [2.05, 4.69) is 5.32 Å². The van der Waals surface area contributed by atoms with Crippen molar-refractivity contribution in [2.75, 3.05) is 45.9 Å². The molecule has 1 N–H and O–H groups in total. The van der Waals surface area contributed by atoms with Crippen LogP contribution >= 0.6 is 0 Å². The standard InChI is InChI=1S/C15H25N3O3/c19-14(12-3-5-16-6-4-12)17-7-9-18(10-8-17)15(20)13-2-1-11-21-13/h12-13,16H,1-11H2. The van der Waals surface area contributed by atoms with Gasteiger partial charge in [0.2, 0.25) is 5.91 Å². The third kappa shape index (κ3) is 3.37. The van der Waals surface area contributed by atoms with Gasteiger partial charge in [0.05, 0.1) is 0 Å². The van der Waals surface area contributed by atoms with Crippen LogP contribution in [0.2, 0.25) is 0 Å². The molecule has 21 heavy (non-hydrogen) atoms. The Hall–Kier alpha value is -1.14. The molecule has 0 saturated carbocycles. The number of hydrogen-bond acceptors (Lipinski definition) is 4. The number of amides is 2. The minimum Gasteiger partial charge on any atom is -0.368 e. The maximum absolute atomic E-state index is 12.5. The lowest BCUT2D eigenvalue weighted by molar-refractivity contribution is -0.147. The Kier molecular flexibility index (Phi) is 4.75. The molecule has 0 spiro atoms. The van der Waals surface area contributed by atoms with E-state index in [4.69, 9.17) is 4.74 Å². The third-order valence-electron chi connectivity index (χ3n) is 4.80. The molecule has 0 radical (unpaired) electrons. The molecular weight excluding hydrogens is 270 g/mol. The van der Waals surface area contributed by atoms with Crippen molar-refractivity contribution in [1.29, 1.82) is 0 Å². The minimum atomic E-state index is -0.239. The van der Waals surface area contributed by atoms with Gasteiger partial charge in [0.25, 0.3) is 5.91 Å². The van der Waals surface area contributed by atoms with Gasteiger partial charge in [0, 0.05) is 38.7 Å². The summed E-state index contributed by atoms with van der Waals surface area (Å²) < 4.78 is 5.46. The fraction of sp³-hybridized carbons (Fsp3) is 0.867. The SMILES string of the molecule is O=C(C1CCNCC1)N1CCN(C(=O)C2CCCO2)CC1. The zero-order valence-electron chi connectivity index (χ0n) is 12.6. The Morgan fingerprint density at radius 2 is 1.52 bits per heavy atom. The van der Waals surface area contributed by atoms with E-state index < -0.39 is 0 Å². The van der Waals surface area contributed by atoms with Gasteiger partial charge in [0.15, 0.2) is 0 Å². The molecule has 3 aliphatic heterocycles. The van der Waals surface area contributed by atoms with Crippen LogP contribution in [-0.2, 0) is 14.3 Å². The van der Waals surface area contributed by atoms with Gasteiger partial charge in [-0.2, -0.15) is 0 Å². The number of piperazine rings is 1. The average molecular weight is 295 g/mol. The summed E-state index contributed by atoms with van der Waals surface area (Å²) in [5.74, 6) is 0.564. The molecule has 0 bridgehead atoms. The van der Waals surface area contributed by atoms with Gasteiger partial charge >= 0.3 is 0 Å². The van der Waals surface area contributed by atoms with Crippen molar-refractivity contribution in [3.05, 3.63) is 0 Å². The molecule has 3 rings (SSSR count). The summed E-state index contributed by atoms with van der Waals surface area (Å²) in [6, 6.07) is 0. The molecule has 0 aromatic heterocycles. The van der Waals surface area contributed by atoms with Crippen LogP contribution in [0.15, 0.2) is 0 Å². The number of ether oxygens (including phenoxy) is 1. The van der Waals surface area contributed by atoms with Gasteiger partial charge in [-0.1, -0.05) is 0 Å². The van der Waals surface area contributed by atoms with Crippen LogP contribution in [-0.4, -0.2) is 73.6 Å². The van der Waals surface area contributed by atoms with E-state index in [1.807, 2.05) is 9.80 Å². The summed E-state index contributed by atoms with van der Waals surface area (Å²) in [7, 11) is 0. The Balaban J connectivity index is 1.48. The Labute approximate surface area is 125 Å². The lowest BCUT2D eigenvalue weighted by atomic mass is 9.96. The highest BCUT2D eigenvalue weighted by Gasteiger charge is 2.33. The second kappa shape index (κ2) is 6.75. The van der Waals surface area contributed by atoms with Crippen molar-refractivity contribution in [2.24, 2.45) is 5.92 Å². The summed E-state index contributed by atoms with van der Waals surface area (Å²) in [5.41, 5.74) is 0. The predicted octanol–water partition coefficient (Wildman–Crippen LogP) is -0.164. The van der Waals surface area contributed by atoms with Crippen LogP contribution in [0.1, 0.15) is 25.7 Å². The number of carbonyl (C=O) groups excluding carboxylic acids is 2. The van der Waals surface area contributed by atoms with Crippen LogP contribution in [0.25, 0.3) is 0 Å². The van der Waals surface area contributed by atoms with Gasteiger partial charge in [-0.05, 0) is 38.8 Å². The van der Waals surface area contributed by atoms with Crippen molar-refractivity contribution in [1.82, 2.24) is 15.1 Å². The quantitative estimate of drug-likeness (QED) is 0.769. The first-order chi connectivity index (χ1) is 10.3. The highest BCUT2D eigenvalue weighted by molar-refractivity contribution is 5.82. The van der Waals surface area contributed by atoms with Crippen molar-refractivity contribution in [3.8, 4) is 0 Å². The molecule has 3 heterocycles. The molecule has 0 aromatic rings. The lowest BCUT2D eigenvalue weighted by Crippen LogP contribution is -2.54. The van der Waals surface area contributed by atoms with E-state index in [1.165, 1.54) is 0 Å².